The molecule has 0 atom stereocenters. The van der Waals surface area contributed by atoms with Crippen LogP contribution in [0, 0.1) is 5.82 Å². The molecule has 0 heterocycles. The van der Waals surface area contributed by atoms with E-state index in [4.69, 9.17) is 0 Å². The molecule has 1 rings (SSSR count). The number of nitrogens with one attached hydrogen (secondary N) is 2. The van der Waals surface area contributed by atoms with Crippen molar-refractivity contribution in [1.29, 1.82) is 0 Å². The summed E-state index contributed by atoms with van der Waals surface area (Å²) in [7, 11) is 1.70. The van der Waals surface area contributed by atoms with Gasteiger partial charge in [0.25, 0.3) is 0 Å². The van der Waals surface area contributed by atoms with Crippen molar-refractivity contribution >= 4 is 29.9 Å². The van der Waals surface area contributed by atoms with E-state index in [0.717, 1.165) is 13.0 Å². The zero-order chi connectivity index (χ0) is 11.8. The molecule has 0 saturated carbocycles. The van der Waals surface area contributed by atoms with E-state index in [1.807, 2.05) is 6.07 Å². The smallest absolute Gasteiger partial charge is 0.191 e. The zero-order valence-electron chi connectivity index (χ0n) is 10.2. The minimum Gasteiger partial charge on any atom is -0.356 e. The fourth-order valence-electron chi connectivity index (χ4n) is 1.28. The quantitative estimate of drug-likeness (QED) is 0.497. The molecule has 0 radical (unpaired) electrons. The Morgan fingerprint density at radius 2 is 2.00 bits per heavy atom. The van der Waals surface area contributed by atoms with Crippen molar-refractivity contribution in [2.24, 2.45) is 4.99 Å². The molecule has 0 spiro atoms. The van der Waals surface area contributed by atoms with Gasteiger partial charge in [-0.05, 0) is 12.5 Å². The van der Waals surface area contributed by atoms with Crippen LogP contribution in [0.1, 0.15) is 18.9 Å². The van der Waals surface area contributed by atoms with E-state index in [-0.39, 0.29) is 29.8 Å². The van der Waals surface area contributed by atoms with Crippen LogP contribution in [0.5, 0.6) is 0 Å². The van der Waals surface area contributed by atoms with Gasteiger partial charge in [-0.15, -0.1) is 24.0 Å². The lowest BCUT2D eigenvalue weighted by molar-refractivity contribution is 0.604. The summed E-state index contributed by atoms with van der Waals surface area (Å²) in [5, 5.41) is 6.19. The molecule has 5 heteroatoms. The predicted molar refractivity (Wildman–Crippen MR) is 80.3 cm³/mol. The maximum absolute atomic E-state index is 13.3. The molecule has 0 fully saturated rings. The summed E-state index contributed by atoms with van der Waals surface area (Å²) in [6.07, 6.45) is 1.03. The largest absolute Gasteiger partial charge is 0.356 e. The van der Waals surface area contributed by atoms with Gasteiger partial charge < -0.3 is 10.6 Å². The summed E-state index contributed by atoms with van der Waals surface area (Å²) in [5.74, 6) is 0.506. The number of rotatable bonds is 4. The number of aliphatic imine (C=N–C) groups is 1. The monoisotopic (exact) mass is 351 g/mol. The van der Waals surface area contributed by atoms with E-state index in [9.17, 15) is 4.39 Å². The summed E-state index contributed by atoms with van der Waals surface area (Å²) in [5.41, 5.74) is 0.641. The average Bonchev–Trinajstić information content (AvgIpc) is 2.31. The van der Waals surface area contributed by atoms with Gasteiger partial charge in [-0.25, -0.2) is 4.39 Å². The number of benzene rings is 1. The Kier molecular flexibility index (Phi) is 8.75. The zero-order valence-corrected chi connectivity index (χ0v) is 12.5. The van der Waals surface area contributed by atoms with Crippen molar-refractivity contribution in [2.75, 3.05) is 13.6 Å². The van der Waals surface area contributed by atoms with E-state index in [1.54, 1.807) is 19.2 Å². The standard InChI is InChI=1S/C12H18FN3.HI/c1-3-8-15-12(14-2)16-9-10-6-4-5-7-11(10)13;/h4-7H,3,8-9H2,1-2H3,(H2,14,15,16);1H. The number of hydrogen-bond acceptors (Lipinski definition) is 1. The second-order valence-corrected chi connectivity index (χ2v) is 3.44. The highest BCUT2D eigenvalue weighted by Crippen LogP contribution is 2.05. The van der Waals surface area contributed by atoms with E-state index in [1.165, 1.54) is 6.07 Å². The number of halogens is 2. The van der Waals surface area contributed by atoms with Gasteiger partial charge in [0.05, 0.1) is 0 Å². The van der Waals surface area contributed by atoms with Gasteiger partial charge in [0, 0.05) is 25.7 Å². The van der Waals surface area contributed by atoms with E-state index < -0.39 is 0 Å². The van der Waals surface area contributed by atoms with Crippen LogP contribution >= 0.6 is 24.0 Å². The van der Waals surface area contributed by atoms with Crippen LogP contribution in [0.4, 0.5) is 4.39 Å². The normalized spacial score (nSPS) is 10.6. The van der Waals surface area contributed by atoms with Crippen LogP contribution < -0.4 is 10.6 Å². The first kappa shape index (κ1) is 16.1. The maximum atomic E-state index is 13.3. The topological polar surface area (TPSA) is 36.4 Å². The molecule has 3 nitrogen and oxygen atoms in total. The van der Waals surface area contributed by atoms with Gasteiger partial charge >= 0.3 is 0 Å². The maximum Gasteiger partial charge on any atom is 0.191 e. The van der Waals surface area contributed by atoms with Gasteiger partial charge in [-0.2, -0.15) is 0 Å². The highest BCUT2D eigenvalue weighted by Gasteiger charge is 2.01. The van der Waals surface area contributed by atoms with Gasteiger partial charge in [-0.3, -0.25) is 4.99 Å². The van der Waals surface area contributed by atoms with Gasteiger partial charge in [0.2, 0.25) is 0 Å². The Bertz CT molecular complexity index is 355. The molecular weight excluding hydrogens is 332 g/mol. The van der Waals surface area contributed by atoms with Gasteiger partial charge in [-0.1, -0.05) is 25.1 Å². The van der Waals surface area contributed by atoms with Crippen LogP contribution in [0.2, 0.25) is 0 Å². The van der Waals surface area contributed by atoms with Crippen LogP contribution in [0.15, 0.2) is 29.3 Å². The first-order valence-electron chi connectivity index (χ1n) is 5.45. The predicted octanol–water partition coefficient (Wildman–Crippen LogP) is 2.52. The molecule has 2 N–H and O–H groups in total. The Morgan fingerprint density at radius 1 is 1.29 bits per heavy atom. The molecule has 96 valence electrons. The fraction of sp³-hybridized carbons (Fsp3) is 0.417. The van der Waals surface area contributed by atoms with Crippen molar-refractivity contribution in [3.63, 3.8) is 0 Å². The third-order valence-electron chi connectivity index (χ3n) is 2.17. The molecule has 0 amide bonds. The Morgan fingerprint density at radius 3 is 2.59 bits per heavy atom. The van der Waals surface area contributed by atoms with Crippen molar-refractivity contribution in [2.45, 2.75) is 19.9 Å². The van der Waals surface area contributed by atoms with Crippen molar-refractivity contribution in [3.8, 4) is 0 Å². The van der Waals surface area contributed by atoms with Gasteiger partial charge in [0.15, 0.2) is 5.96 Å². The van der Waals surface area contributed by atoms with E-state index >= 15 is 0 Å². The lowest BCUT2D eigenvalue weighted by atomic mass is 10.2. The number of nitrogens with zero attached hydrogens (tertiary/aromatic N) is 1. The summed E-state index contributed by atoms with van der Waals surface area (Å²) in [4.78, 5) is 4.04. The second kappa shape index (κ2) is 9.21. The highest BCUT2D eigenvalue weighted by molar-refractivity contribution is 14.0. The molecule has 1 aromatic rings. The Labute approximate surface area is 119 Å². The van der Waals surface area contributed by atoms with Gasteiger partial charge in [0.1, 0.15) is 5.82 Å². The minimum atomic E-state index is -0.194. The van der Waals surface area contributed by atoms with Crippen LogP contribution in [-0.2, 0) is 6.54 Å². The molecule has 17 heavy (non-hydrogen) atoms. The van der Waals surface area contributed by atoms with Crippen LogP contribution in [0.3, 0.4) is 0 Å². The number of guanidine groups is 1. The summed E-state index contributed by atoms with van der Waals surface area (Å²) in [6.45, 7) is 3.38. The Hall–Kier alpha value is -0.850. The second-order valence-electron chi connectivity index (χ2n) is 3.44. The molecule has 1 aromatic carbocycles. The third-order valence-corrected chi connectivity index (χ3v) is 2.17. The molecule has 0 unspecified atom stereocenters. The van der Waals surface area contributed by atoms with Crippen LogP contribution in [-0.4, -0.2) is 19.6 Å². The summed E-state index contributed by atoms with van der Waals surface area (Å²) < 4.78 is 13.3. The molecule has 0 aliphatic carbocycles. The molecule has 0 aromatic heterocycles. The SMILES string of the molecule is CCCNC(=NC)NCc1ccccc1F.I. The first-order chi connectivity index (χ1) is 7.77. The fourth-order valence-corrected chi connectivity index (χ4v) is 1.28. The number of hydrogen-bond donors (Lipinski definition) is 2. The highest BCUT2D eigenvalue weighted by atomic mass is 127. The summed E-state index contributed by atoms with van der Waals surface area (Å²) >= 11 is 0. The van der Waals surface area contributed by atoms with Crippen molar-refractivity contribution in [1.82, 2.24) is 10.6 Å². The molecule has 0 saturated heterocycles. The molecule has 0 aliphatic rings. The lowest BCUT2D eigenvalue weighted by Crippen LogP contribution is -2.37. The van der Waals surface area contributed by atoms with E-state index in [2.05, 4.69) is 22.5 Å². The average molecular weight is 351 g/mol. The van der Waals surface area contributed by atoms with Crippen molar-refractivity contribution in [3.05, 3.63) is 35.6 Å². The summed E-state index contributed by atoms with van der Waals surface area (Å²) in [6, 6.07) is 6.72. The van der Waals surface area contributed by atoms with E-state index in [0.29, 0.717) is 18.1 Å². The molecule has 0 bridgehead atoms. The third kappa shape index (κ3) is 5.86. The first-order valence-corrected chi connectivity index (χ1v) is 5.45. The minimum absolute atomic E-state index is 0. The molecule has 0 aliphatic heterocycles. The lowest BCUT2D eigenvalue weighted by Gasteiger charge is -2.11. The molecular formula is C12H19FIN3. The van der Waals surface area contributed by atoms with Crippen LogP contribution in [0.25, 0.3) is 0 Å². The Balaban J connectivity index is 0.00000256. The van der Waals surface area contributed by atoms with Crippen molar-refractivity contribution < 1.29 is 4.39 Å².